The summed E-state index contributed by atoms with van der Waals surface area (Å²) in [4.78, 5) is 16.3. The van der Waals surface area contributed by atoms with E-state index in [4.69, 9.17) is 4.74 Å². The maximum Gasteiger partial charge on any atom is 0.407 e. The lowest BCUT2D eigenvalue weighted by Crippen LogP contribution is -2.47. The molecule has 2 aromatic carbocycles. The van der Waals surface area contributed by atoms with Crippen LogP contribution in [0.5, 0.6) is 5.75 Å². The Labute approximate surface area is 214 Å². The first-order valence-corrected chi connectivity index (χ1v) is 12.1. The van der Waals surface area contributed by atoms with Crippen LogP contribution in [-0.2, 0) is 6.42 Å². The molecule has 1 aliphatic rings. The lowest BCUT2D eigenvalue weighted by molar-refractivity contribution is -0.155. The topological polar surface area (TPSA) is 68.8 Å². The minimum Gasteiger partial charge on any atom is -0.489 e. The molecule has 2 heterocycles. The number of carbonyl (C=O) groups is 1. The minimum absolute atomic E-state index is 0.0247. The predicted molar refractivity (Wildman–Crippen MR) is 128 cm³/mol. The first-order valence-electron chi connectivity index (χ1n) is 12.1. The van der Waals surface area contributed by atoms with Crippen LogP contribution >= 0.6 is 0 Å². The zero-order valence-corrected chi connectivity index (χ0v) is 20.5. The van der Waals surface area contributed by atoms with Gasteiger partial charge in [0.1, 0.15) is 12.4 Å². The van der Waals surface area contributed by atoms with E-state index in [1.54, 1.807) is 31.2 Å². The van der Waals surface area contributed by atoms with Crippen molar-refractivity contribution in [1.29, 1.82) is 0 Å². The Balaban J connectivity index is 1.73. The highest BCUT2D eigenvalue weighted by atomic mass is 19.4. The standard InChI is InChI=1S/C26H27F6N3O3/c1-15-13-17-16-5-2-3-6-19(16)33-23(17)24(35(15)14-26(30,31)32)21-18(28)7-8-20(22(21)29)38-12-11-34(25(36)37)10-4-9-27/h2-3,5-8,15,24,33H,4,9-14H2,1H3,(H,36,37)/t15-,24-/m1/s1. The number of nitrogens with zero attached hydrogens (tertiary/aromatic N) is 2. The molecular weight excluding hydrogens is 516 g/mol. The second-order valence-electron chi connectivity index (χ2n) is 9.24. The molecule has 0 fully saturated rings. The zero-order chi connectivity index (χ0) is 27.6. The quantitative estimate of drug-likeness (QED) is 0.322. The van der Waals surface area contributed by atoms with Crippen molar-refractivity contribution >= 4 is 17.0 Å². The first kappa shape index (κ1) is 27.6. The van der Waals surface area contributed by atoms with Gasteiger partial charge in [0.2, 0.25) is 0 Å². The number of rotatable bonds is 9. The number of hydrogen-bond acceptors (Lipinski definition) is 3. The third-order valence-corrected chi connectivity index (χ3v) is 6.69. The summed E-state index contributed by atoms with van der Waals surface area (Å²) >= 11 is 0. The smallest absolute Gasteiger partial charge is 0.407 e. The van der Waals surface area contributed by atoms with Crippen LogP contribution < -0.4 is 4.74 Å². The molecule has 4 rings (SSSR count). The number of benzene rings is 2. The number of aromatic amines is 1. The molecule has 6 nitrogen and oxygen atoms in total. The number of H-pyrrole nitrogens is 1. The van der Waals surface area contributed by atoms with Gasteiger partial charge in [-0.15, -0.1) is 0 Å². The Kier molecular flexibility index (Phi) is 8.10. The Morgan fingerprint density at radius 1 is 1.18 bits per heavy atom. The number of hydrogen-bond donors (Lipinski definition) is 2. The van der Waals surface area contributed by atoms with Gasteiger partial charge in [0.05, 0.1) is 31.4 Å². The minimum atomic E-state index is -4.63. The zero-order valence-electron chi connectivity index (χ0n) is 20.5. The molecule has 0 saturated carbocycles. The summed E-state index contributed by atoms with van der Waals surface area (Å²) in [5, 5.41) is 9.99. The van der Waals surface area contributed by atoms with E-state index in [0.29, 0.717) is 11.1 Å². The number of ether oxygens (including phenoxy) is 1. The molecule has 0 aliphatic carbocycles. The normalized spacial score (nSPS) is 18.0. The maximum atomic E-state index is 15.8. The van der Waals surface area contributed by atoms with Crippen molar-refractivity contribution in [3.05, 3.63) is 64.9 Å². The lowest BCUT2D eigenvalue weighted by Gasteiger charge is -2.41. The Morgan fingerprint density at radius 3 is 2.61 bits per heavy atom. The van der Waals surface area contributed by atoms with Gasteiger partial charge in [-0.2, -0.15) is 13.2 Å². The monoisotopic (exact) mass is 543 g/mol. The van der Waals surface area contributed by atoms with Gasteiger partial charge in [-0.3, -0.25) is 9.29 Å². The number of aromatic nitrogens is 1. The molecule has 0 spiro atoms. The Hall–Kier alpha value is -3.41. The number of halogens is 6. The summed E-state index contributed by atoms with van der Waals surface area (Å²) in [6.07, 6.45) is -5.72. The fourth-order valence-electron chi connectivity index (χ4n) is 5.00. The Bertz CT molecular complexity index is 1300. The molecule has 2 N–H and O–H groups in total. The van der Waals surface area contributed by atoms with Crippen LogP contribution in [0.1, 0.15) is 36.2 Å². The fraction of sp³-hybridized carbons (Fsp3) is 0.423. The van der Waals surface area contributed by atoms with Crippen molar-refractivity contribution in [2.24, 2.45) is 0 Å². The summed E-state index contributed by atoms with van der Waals surface area (Å²) in [5.74, 6) is -2.65. The maximum absolute atomic E-state index is 15.8. The van der Waals surface area contributed by atoms with Crippen LogP contribution in [0, 0.1) is 11.6 Å². The molecule has 0 bridgehead atoms. The summed E-state index contributed by atoms with van der Waals surface area (Å²) < 4.78 is 89.8. The van der Waals surface area contributed by atoms with Gasteiger partial charge in [-0.05, 0) is 43.5 Å². The molecular formula is C26H27F6N3O3. The van der Waals surface area contributed by atoms with Gasteiger partial charge < -0.3 is 19.7 Å². The van der Waals surface area contributed by atoms with E-state index in [1.807, 2.05) is 0 Å². The Morgan fingerprint density at radius 2 is 1.92 bits per heavy atom. The van der Waals surface area contributed by atoms with E-state index < -0.39 is 60.5 Å². The van der Waals surface area contributed by atoms with Crippen molar-refractivity contribution in [2.45, 2.75) is 38.0 Å². The van der Waals surface area contributed by atoms with E-state index in [0.717, 1.165) is 27.3 Å². The van der Waals surface area contributed by atoms with Crippen molar-refractivity contribution in [1.82, 2.24) is 14.8 Å². The number of nitrogens with one attached hydrogen (secondary N) is 1. The van der Waals surface area contributed by atoms with Crippen molar-refractivity contribution in [3.8, 4) is 5.75 Å². The molecule has 12 heteroatoms. The van der Waals surface area contributed by atoms with Crippen LogP contribution in [0.2, 0.25) is 0 Å². The number of carboxylic acid groups (broad SMARTS) is 1. The second kappa shape index (κ2) is 11.1. The number of fused-ring (bicyclic) bond motifs is 3. The van der Waals surface area contributed by atoms with Gasteiger partial charge in [0.15, 0.2) is 11.6 Å². The number of amides is 1. The molecule has 1 aromatic heterocycles. The highest BCUT2D eigenvalue weighted by Gasteiger charge is 2.44. The third kappa shape index (κ3) is 5.69. The van der Waals surface area contributed by atoms with Gasteiger partial charge in [-0.1, -0.05) is 18.2 Å². The third-order valence-electron chi connectivity index (χ3n) is 6.69. The van der Waals surface area contributed by atoms with E-state index >= 15 is 8.78 Å². The highest BCUT2D eigenvalue weighted by molar-refractivity contribution is 5.85. The van der Waals surface area contributed by atoms with Crippen LogP contribution in [0.15, 0.2) is 36.4 Å². The van der Waals surface area contributed by atoms with Crippen LogP contribution in [0.25, 0.3) is 10.9 Å². The predicted octanol–water partition coefficient (Wildman–Crippen LogP) is 6.06. The molecule has 0 saturated heterocycles. The fourth-order valence-corrected chi connectivity index (χ4v) is 5.00. The second-order valence-corrected chi connectivity index (χ2v) is 9.24. The molecule has 1 aliphatic heterocycles. The summed E-state index contributed by atoms with van der Waals surface area (Å²) in [6, 6.07) is 6.88. The summed E-state index contributed by atoms with van der Waals surface area (Å²) in [5.41, 5.74) is 0.996. The molecule has 206 valence electrons. The molecule has 38 heavy (non-hydrogen) atoms. The van der Waals surface area contributed by atoms with Crippen LogP contribution in [0.4, 0.5) is 31.1 Å². The molecule has 1 amide bonds. The SMILES string of the molecule is C[C@@H]1Cc2c([nH]c3ccccc23)[C@@H](c2c(F)ccc(OCCN(CCCF)C(=O)O)c2F)N1CC(F)(F)F. The van der Waals surface area contributed by atoms with Crippen LogP contribution in [-0.4, -0.2) is 71.1 Å². The van der Waals surface area contributed by atoms with Gasteiger partial charge in [-0.25, -0.2) is 13.6 Å². The van der Waals surface area contributed by atoms with E-state index in [2.05, 4.69) is 4.98 Å². The summed E-state index contributed by atoms with van der Waals surface area (Å²) in [6.45, 7) is -1.16. The first-order chi connectivity index (χ1) is 18.0. The molecule has 2 atom stereocenters. The number of para-hydroxylation sites is 1. The summed E-state index contributed by atoms with van der Waals surface area (Å²) in [7, 11) is 0. The van der Waals surface area contributed by atoms with Crippen LogP contribution in [0.3, 0.4) is 0 Å². The average molecular weight is 544 g/mol. The average Bonchev–Trinajstić information content (AvgIpc) is 3.21. The van der Waals surface area contributed by atoms with Gasteiger partial charge in [0.25, 0.3) is 0 Å². The van der Waals surface area contributed by atoms with Crippen molar-refractivity contribution in [2.75, 3.05) is 32.9 Å². The molecule has 3 aromatic rings. The lowest BCUT2D eigenvalue weighted by atomic mass is 9.88. The number of alkyl halides is 4. The highest BCUT2D eigenvalue weighted by Crippen LogP contribution is 2.44. The van der Waals surface area contributed by atoms with Gasteiger partial charge in [0, 0.05) is 29.2 Å². The van der Waals surface area contributed by atoms with Crippen molar-refractivity contribution < 1.29 is 41.0 Å². The van der Waals surface area contributed by atoms with Crippen molar-refractivity contribution in [3.63, 3.8) is 0 Å². The van der Waals surface area contributed by atoms with E-state index in [9.17, 15) is 27.5 Å². The van der Waals surface area contributed by atoms with E-state index in [-0.39, 0.29) is 38.2 Å². The van der Waals surface area contributed by atoms with Gasteiger partial charge >= 0.3 is 12.3 Å². The molecule has 0 radical (unpaired) electrons. The molecule has 0 unspecified atom stereocenters. The largest absolute Gasteiger partial charge is 0.489 e. The van der Waals surface area contributed by atoms with E-state index in [1.165, 1.54) is 0 Å².